The molecule has 1 rings (SSSR count). The van der Waals surface area contributed by atoms with Gasteiger partial charge in [-0.1, -0.05) is 6.42 Å². The van der Waals surface area contributed by atoms with Gasteiger partial charge in [0.15, 0.2) is 0 Å². The third kappa shape index (κ3) is 1.95. The van der Waals surface area contributed by atoms with Crippen molar-refractivity contribution in [1.29, 1.82) is 0 Å². The van der Waals surface area contributed by atoms with E-state index in [9.17, 15) is 9.59 Å². The SMILES string of the molecule is C[C@@]1(C(=O)O)CCCC/C1=C\C(=O)O. The predicted molar refractivity (Wildman–Crippen MR) is 49.9 cm³/mol. The van der Waals surface area contributed by atoms with Crippen LogP contribution in [0.1, 0.15) is 32.6 Å². The van der Waals surface area contributed by atoms with Crippen LogP contribution in [0.25, 0.3) is 0 Å². The van der Waals surface area contributed by atoms with Crippen LogP contribution in [0, 0.1) is 5.41 Å². The smallest absolute Gasteiger partial charge is 0.328 e. The van der Waals surface area contributed by atoms with E-state index in [1.165, 1.54) is 0 Å². The lowest BCUT2D eigenvalue weighted by Gasteiger charge is -2.32. The lowest BCUT2D eigenvalue weighted by molar-refractivity contribution is -0.146. The Morgan fingerprint density at radius 1 is 1.36 bits per heavy atom. The lowest BCUT2D eigenvalue weighted by atomic mass is 9.71. The highest BCUT2D eigenvalue weighted by Gasteiger charge is 2.39. The van der Waals surface area contributed by atoms with Crippen LogP contribution in [0.3, 0.4) is 0 Å². The Kier molecular flexibility index (Phi) is 2.93. The topological polar surface area (TPSA) is 74.6 Å². The molecular formula is C10H14O4. The van der Waals surface area contributed by atoms with Crippen molar-refractivity contribution in [3.8, 4) is 0 Å². The van der Waals surface area contributed by atoms with Crippen LogP contribution < -0.4 is 0 Å². The monoisotopic (exact) mass is 198 g/mol. The molecule has 0 unspecified atom stereocenters. The van der Waals surface area contributed by atoms with Crippen LogP contribution in [0.5, 0.6) is 0 Å². The van der Waals surface area contributed by atoms with Crippen molar-refractivity contribution in [2.45, 2.75) is 32.6 Å². The Morgan fingerprint density at radius 3 is 2.50 bits per heavy atom. The summed E-state index contributed by atoms with van der Waals surface area (Å²) in [5, 5.41) is 17.7. The molecule has 1 fully saturated rings. The van der Waals surface area contributed by atoms with Gasteiger partial charge in [-0.3, -0.25) is 4.79 Å². The minimum absolute atomic E-state index is 0.529. The first kappa shape index (κ1) is 10.8. The van der Waals surface area contributed by atoms with Crippen molar-refractivity contribution < 1.29 is 19.8 Å². The quantitative estimate of drug-likeness (QED) is 0.662. The zero-order valence-electron chi connectivity index (χ0n) is 8.12. The Labute approximate surface area is 82.2 Å². The van der Waals surface area contributed by atoms with E-state index in [4.69, 9.17) is 10.2 Å². The van der Waals surface area contributed by atoms with Crippen molar-refractivity contribution in [2.24, 2.45) is 5.41 Å². The lowest BCUT2D eigenvalue weighted by Crippen LogP contribution is -2.32. The number of carbonyl (C=O) groups is 2. The van der Waals surface area contributed by atoms with Gasteiger partial charge in [0.2, 0.25) is 0 Å². The molecule has 1 atom stereocenters. The van der Waals surface area contributed by atoms with Gasteiger partial charge >= 0.3 is 11.9 Å². The molecule has 0 amide bonds. The van der Waals surface area contributed by atoms with E-state index in [1.54, 1.807) is 6.92 Å². The Bertz CT molecular complexity index is 292. The Balaban J connectivity index is 3.00. The average molecular weight is 198 g/mol. The predicted octanol–water partition coefficient (Wildman–Crippen LogP) is 1.66. The number of aliphatic carboxylic acids is 2. The van der Waals surface area contributed by atoms with Gasteiger partial charge in [-0.05, 0) is 31.8 Å². The molecule has 0 saturated heterocycles. The highest BCUT2D eigenvalue weighted by molar-refractivity contribution is 5.85. The molecule has 0 aliphatic heterocycles. The second-order valence-corrected chi connectivity index (χ2v) is 3.85. The first-order valence-electron chi connectivity index (χ1n) is 4.64. The summed E-state index contributed by atoms with van der Waals surface area (Å²) in [4.78, 5) is 21.5. The Hall–Kier alpha value is -1.32. The van der Waals surface area contributed by atoms with Crippen LogP contribution in [-0.4, -0.2) is 22.2 Å². The van der Waals surface area contributed by atoms with Gasteiger partial charge in [0.05, 0.1) is 5.41 Å². The van der Waals surface area contributed by atoms with Crippen LogP contribution in [0.4, 0.5) is 0 Å². The third-order valence-corrected chi connectivity index (χ3v) is 2.85. The van der Waals surface area contributed by atoms with Gasteiger partial charge < -0.3 is 10.2 Å². The fourth-order valence-corrected chi connectivity index (χ4v) is 1.86. The summed E-state index contributed by atoms with van der Waals surface area (Å²) in [7, 11) is 0. The molecule has 0 aromatic heterocycles. The van der Waals surface area contributed by atoms with Crippen molar-refractivity contribution in [1.82, 2.24) is 0 Å². The van der Waals surface area contributed by atoms with Gasteiger partial charge in [-0.2, -0.15) is 0 Å². The molecule has 0 aromatic rings. The first-order chi connectivity index (χ1) is 6.47. The summed E-state index contributed by atoms with van der Waals surface area (Å²) >= 11 is 0. The number of carboxylic acids is 2. The molecule has 4 heteroatoms. The molecule has 78 valence electrons. The average Bonchev–Trinajstić information content (AvgIpc) is 2.08. The number of rotatable bonds is 2. The second kappa shape index (κ2) is 3.82. The van der Waals surface area contributed by atoms with Crippen LogP contribution >= 0.6 is 0 Å². The van der Waals surface area contributed by atoms with E-state index in [1.807, 2.05) is 0 Å². The molecule has 1 aliphatic rings. The molecule has 0 heterocycles. The largest absolute Gasteiger partial charge is 0.481 e. The summed E-state index contributed by atoms with van der Waals surface area (Å²) in [6, 6.07) is 0. The zero-order chi connectivity index (χ0) is 10.8. The van der Waals surface area contributed by atoms with Gasteiger partial charge in [0.1, 0.15) is 0 Å². The van der Waals surface area contributed by atoms with E-state index in [0.717, 1.165) is 18.9 Å². The molecule has 0 bridgehead atoms. The summed E-state index contributed by atoms with van der Waals surface area (Å²) in [6.07, 6.45) is 3.88. The van der Waals surface area contributed by atoms with Crippen molar-refractivity contribution in [3.05, 3.63) is 11.6 Å². The standard InChI is InChI=1S/C10H14O4/c1-10(9(13)14)5-3-2-4-7(10)6-8(11)12/h6H,2-5H2,1H3,(H,11,12)(H,13,14)/b7-6+/t10-/m1/s1. The maximum Gasteiger partial charge on any atom is 0.328 e. The fraction of sp³-hybridized carbons (Fsp3) is 0.600. The van der Waals surface area contributed by atoms with E-state index in [2.05, 4.69) is 0 Å². The highest BCUT2D eigenvalue weighted by atomic mass is 16.4. The van der Waals surface area contributed by atoms with Gasteiger partial charge in [0.25, 0.3) is 0 Å². The van der Waals surface area contributed by atoms with Gasteiger partial charge in [0, 0.05) is 6.08 Å². The highest BCUT2D eigenvalue weighted by Crippen LogP contribution is 2.40. The van der Waals surface area contributed by atoms with Crippen molar-refractivity contribution >= 4 is 11.9 Å². The first-order valence-corrected chi connectivity index (χ1v) is 4.64. The van der Waals surface area contributed by atoms with E-state index >= 15 is 0 Å². The van der Waals surface area contributed by atoms with Crippen LogP contribution in [0.15, 0.2) is 11.6 Å². The molecule has 4 nitrogen and oxygen atoms in total. The van der Waals surface area contributed by atoms with Crippen molar-refractivity contribution in [2.75, 3.05) is 0 Å². The minimum Gasteiger partial charge on any atom is -0.481 e. The van der Waals surface area contributed by atoms with E-state index < -0.39 is 17.4 Å². The summed E-state index contributed by atoms with van der Waals surface area (Å²) in [5.41, 5.74) is -0.444. The maximum atomic E-state index is 11.0. The molecule has 2 N–H and O–H groups in total. The fourth-order valence-electron chi connectivity index (χ4n) is 1.86. The minimum atomic E-state index is -1.06. The Morgan fingerprint density at radius 2 is 2.00 bits per heavy atom. The van der Waals surface area contributed by atoms with Crippen LogP contribution in [-0.2, 0) is 9.59 Å². The molecule has 0 spiro atoms. The zero-order valence-corrected chi connectivity index (χ0v) is 8.12. The van der Waals surface area contributed by atoms with Gasteiger partial charge in [-0.25, -0.2) is 4.79 Å². The number of hydrogen-bond donors (Lipinski definition) is 2. The summed E-state index contributed by atoms with van der Waals surface area (Å²) < 4.78 is 0. The molecule has 0 radical (unpaired) electrons. The molecule has 14 heavy (non-hydrogen) atoms. The normalized spacial score (nSPS) is 30.2. The van der Waals surface area contributed by atoms with E-state index in [0.29, 0.717) is 18.4 Å². The third-order valence-electron chi connectivity index (χ3n) is 2.85. The van der Waals surface area contributed by atoms with Gasteiger partial charge in [-0.15, -0.1) is 0 Å². The molecule has 1 aliphatic carbocycles. The second-order valence-electron chi connectivity index (χ2n) is 3.85. The van der Waals surface area contributed by atoms with E-state index in [-0.39, 0.29) is 0 Å². The molecule has 0 aromatic carbocycles. The molecular weight excluding hydrogens is 184 g/mol. The number of carboxylic acid groups (broad SMARTS) is 2. The van der Waals surface area contributed by atoms with Crippen molar-refractivity contribution in [3.63, 3.8) is 0 Å². The summed E-state index contributed by atoms with van der Waals surface area (Å²) in [6.45, 7) is 1.60. The van der Waals surface area contributed by atoms with Crippen LogP contribution in [0.2, 0.25) is 0 Å². The maximum absolute atomic E-state index is 11.0. The molecule has 1 saturated carbocycles. The summed E-state index contributed by atoms with van der Waals surface area (Å²) in [5.74, 6) is -1.99. The number of hydrogen-bond acceptors (Lipinski definition) is 2.